The summed E-state index contributed by atoms with van der Waals surface area (Å²) in [6.45, 7) is 2.41. The summed E-state index contributed by atoms with van der Waals surface area (Å²) in [6, 6.07) is 18.1. The van der Waals surface area contributed by atoms with Crippen LogP contribution < -0.4 is 5.32 Å². The summed E-state index contributed by atoms with van der Waals surface area (Å²) >= 11 is 0. The third kappa shape index (κ3) is 6.43. The van der Waals surface area contributed by atoms with Crippen molar-refractivity contribution in [3.8, 4) is 0 Å². The molecule has 0 bridgehead atoms. The van der Waals surface area contributed by atoms with Crippen LogP contribution in [0.3, 0.4) is 0 Å². The first kappa shape index (κ1) is 21.1. The fourth-order valence-electron chi connectivity index (χ4n) is 3.77. The molecule has 1 heterocycles. The van der Waals surface area contributed by atoms with E-state index in [9.17, 15) is 9.59 Å². The second-order valence-corrected chi connectivity index (χ2v) is 7.61. The second-order valence-electron chi connectivity index (χ2n) is 7.61. The van der Waals surface area contributed by atoms with Crippen molar-refractivity contribution in [1.82, 2.24) is 10.2 Å². The molecule has 1 fully saturated rings. The smallest absolute Gasteiger partial charge is 0.223 e. The van der Waals surface area contributed by atoms with Crippen LogP contribution in [0.4, 0.5) is 0 Å². The number of aryl methyl sites for hydroxylation is 1. The van der Waals surface area contributed by atoms with Gasteiger partial charge in [-0.15, -0.1) is 0 Å². The Morgan fingerprint density at radius 2 is 1.69 bits per heavy atom. The Hall–Kier alpha value is -2.66. The van der Waals surface area contributed by atoms with E-state index in [0.717, 1.165) is 30.4 Å². The van der Waals surface area contributed by atoms with Crippen LogP contribution in [0.5, 0.6) is 0 Å². The van der Waals surface area contributed by atoms with Crippen LogP contribution in [0.2, 0.25) is 0 Å². The van der Waals surface area contributed by atoms with E-state index in [1.54, 1.807) is 7.11 Å². The average Bonchev–Trinajstić information content (AvgIpc) is 2.77. The van der Waals surface area contributed by atoms with Crippen LogP contribution in [0, 0.1) is 5.92 Å². The molecule has 154 valence electrons. The van der Waals surface area contributed by atoms with E-state index in [1.165, 1.54) is 5.56 Å². The summed E-state index contributed by atoms with van der Waals surface area (Å²) in [6.07, 6.45) is 2.75. The Morgan fingerprint density at radius 1 is 1.00 bits per heavy atom. The number of methoxy groups -OCH3 is 1. The second kappa shape index (κ2) is 10.8. The number of likely N-dealkylation sites (tertiary alicyclic amines) is 1. The molecule has 1 aliphatic heterocycles. The number of carbonyl (C=O) groups is 2. The first-order chi connectivity index (χ1) is 14.2. The molecular weight excluding hydrogens is 364 g/mol. The van der Waals surface area contributed by atoms with Gasteiger partial charge in [-0.1, -0.05) is 54.6 Å². The third-order valence-corrected chi connectivity index (χ3v) is 5.46. The van der Waals surface area contributed by atoms with Crippen molar-refractivity contribution < 1.29 is 14.3 Å². The summed E-state index contributed by atoms with van der Waals surface area (Å²) in [7, 11) is 1.67. The van der Waals surface area contributed by atoms with Crippen LogP contribution in [0.15, 0.2) is 54.6 Å². The monoisotopic (exact) mass is 394 g/mol. The van der Waals surface area contributed by atoms with Crippen molar-refractivity contribution in [1.29, 1.82) is 0 Å². The molecule has 0 atom stereocenters. The topological polar surface area (TPSA) is 58.6 Å². The number of nitrogens with zero attached hydrogens (tertiary/aromatic N) is 1. The zero-order chi connectivity index (χ0) is 20.5. The van der Waals surface area contributed by atoms with Gasteiger partial charge in [0.15, 0.2) is 0 Å². The van der Waals surface area contributed by atoms with Gasteiger partial charge < -0.3 is 15.0 Å². The molecule has 1 saturated heterocycles. The van der Waals surface area contributed by atoms with Crippen LogP contribution in [-0.4, -0.2) is 36.9 Å². The van der Waals surface area contributed by atoms with Crippen LogP contribution in [0.1, 0.15) is 36.0 Å². The lowest BCUT2D eigenvalue weighted by Gasteiger charge is -2.31. The molecule has 0 aliphatic carbocycles. The summed E-state index contributed by atoms with van der Waals surface area (Å²) in [5.41, 5.74) is 3.35. The van der Waals surface area contributed by atoms with Crippen molar-refractivity contribution in [3.05, 3.63) is 71.3 Å². The summed E-state index contributed by atoms with van der Waals surface area (Å²) in [4.78, 5) is 26.9. The minimum absolute atomic E-state index is 0.0182. The Morgan fingerprint density at radius 3 is 2.41 bits per heavy atom. The van der Waals surface area contributed by atoms with E-state index in [4.69, 9.17) is 4.74 Å². The van der Waals surface area contributed by atoms with Gasteiger partial charge in [-0.2, -0.15) is 0 Å². The highest BCUT2D eigenvalue weighted by atomic mass is 16.5. The number of ether oxygens (including phenoxy) is 1. The number of piperidine rings is 1. The van der Waals surface area contributed by atoms with E-state index >= 15 is 0 Å². The quantitative estimate of drug-likeness (QED) is 0.747. The highest BCUT2D eigenvalue weighted by molar-refractivity contribution is 5.80. The van der Waals surface area contributed by atoms with E-state index in [0.29, 0.717) is 32.7 Å². The molecule has 5 heteroatoms. The van der Waals surface area contributed by atoms with Crippen LogP contribution in [-0.2, 0) is 33.9 Å². The minimum Gasteiger partial charge on any atom is -0.380 e. The van der Waals surface area contributed by atoms with Gasteiger partial charge in [0.2, 0.25) is 11.8 Å². The van der Waals surface area contributed by atoms with Crippen molar-refractivity contribution in [2.24, 2.45) is 5.92 Å². The largest absolute Gasteiger partial charge is 0.380 e. The molecule has 1 N–H and O–H groups in total. The first-order valence-electron chi connectivity index (χ1n) is 10.3. The SMILES string of the molecule is COCc1cccc(CNC(=O)C2CCN(C(=O)CCc3ccccc3)CC2)c1. The van der Waals surface area contributed by atoms with Gasteiger partial charge in [0, 0.05) is 39.1 Å². The van der Waals surface area contributed by atoms with Gasteiger partial charge in [0.25, 0.3) is 0 Å². The van der Waals surface area contributed by atoms with Crippen molar-refractivity contribution in [3.63, 3.8) is 0 Å². The van der Waals surface area contributed by atoms with E-state index in [-0.39, 0.29) is 17.7 Å². The summed E-state index contributed by atoms with van der Waals surface area (Å²) in [5, 5.41) is 3.05. The maximum Gasteiger partial charge on any atom is 0.223 e. The molecule has 3 rings (SSSR count). The molecule has 29 heavy (non-hydrogen) atoms. The zero-order valence-electron chi connectivity index (χ0n) is 17.1. The normalized spacial score (nSPS) is 14.6. The molecule has 2 amide bonds. The predicted molar refractivity (Wildman–Crippen MR) is 113 cm³/mol. The minimum atomic E-state index is -0.0182. The predicted octanol–water partition coefficient (Wildman–Crippen LogP) is 3.32. The fraction of sp³-hybridized carbons (Fsp3) is 0.417. The molecule has 5 nitrogen and oxygen atoms in total. The van der Waals surface area contributed by atoms with Gasteiger partial charge in [0.1, 0.15) is 0 Å². The Kier molecular flexibility index (Phi) is 7.82. The summed E-state index contributed by atoms with van der Waals surface area (Å²) < 4.78 is 5.16. The van der Waals surface area contributed by atoms with Gasteiger partial charge in [-0.05, 0) is 36.0 Å². The molecule has 1 aliphatic rings. The third-order valence-electron chi connectivity index (χ3n) is 5.46. The first-order valence-corrected chi connectivity index (χ1v) is 10.3. The Labute approximate surface area is 173 Å². The Balaban J connectivity index is 1.40. The van der Waals surface area contributed by atoms with Crippen molar-refractivity contribution >= 4 is 11.8 Å². The van der Waals surface area contributed by atoms with Crippen LogP contribution >= 0.6 is 0 Å². The molecule has 0 radical (unpaired) electrons. The van der Waals surface area contributed by atoms with Gasteiger partial charge in [-0.3, -0.25) is 9.59 Å². The zero-order valence-corrected chi connectivity index (χ0v) is 17.1. The lowest BCUT2D eigenvalue weighted by atomic mass is 9.95. The maximum absolute atomic E-state index is 12.5. The number of rotatable bonds is 8. The van der Waals surface area contributed by atoms with Crippen molar-refractivity contribution in [2.75, 3.05) is 20.2 Å². The van der Waals surface area contributed by atoms with Gasteiger partial charge in [0.05, 0.1) is 6.61 Å². The highest BCUT2D eigenvalue weighted by Crippen LogP contribution is 2.19. The molecule has 0 unspecified atom stereocenters. The van der Waals surface area contributed by atoms with E-state index in [2.05, 4.69) is 23.5 Å². The number of amides is 2. The number of carbonyl (C=O) groups excluding carboxylic acids is 2. The fourth-order valence-corrected chi connectivity index (χ4v) is 3.77. The van der Waals surface area contributed by atoms with E-state index < -0.39 is 0 Å². The number of nitrogens with one attached hydrogen (secondary N) is 1. The standard InChI is InChI=1S/C24H30N2O3/c1-29-18-21-9-5-8-20(16-21)17-25-24(28)22-12-14-26(15-13-22)23(27)11-10-19-6-3-2-4-7-19/h2-9,16,22H,10-15,17-18H2,1H3,(H,25,28). The van der Waals surface area contributed by atoms with Gasteiger partial charge in [-0.25, -0.2) is 0 Å². The molecule has 0 spiro atoms. The maximum atomic E-state index is 12.5. The highest BCUT2D eigenvalue weighted by Gasteiger charge is 2.26. The van der Waals surface area contributed by atoms with Crippen molar-refractivity contribution in [2.45, 2.75) is 38.8 Å². The molecule has 0 aromatic heterocycles. The molecule has 2 aromatic carbocycles. The Bertz CT molecular complexity index is 799. The molecule has 2 aromatic rings. The number of hydrogen-bond acceptors (Lipinski definition) is 3. The van der Waals surface area contributed by atoms with Crippen LogP contribution in [0.25, 0.3) is 0 Å². The lowest BCUT2D eigenvalue weighted by molar-refractivity contribution is -0.135. The molecule has 0 saturated carbocycles. The summed E-state index contributed by atoms with van der Waals surface area (Å²) in [5.74, 6) is 0.247. The van der Waals surface area contributed by atoms with E-state index in [1.807, 2.05) is 41.3 Å². The number of benzene rings is 2. The molecular formula is C24H30N2O3. The number of hydrogen-bond donors (Lipinski definition) is 1. The average molecular weight is 395 g/mol. The van der Waals surface area contributed by atoms with Gasteiger partial charge >= 0.3 is 0 Å². The lowest BCUT2D eigenvalue weighted by Crippen LogP contribution is -2.43.